The van der Waals surface area contributed by atoms with E-state index < -0.39 is 0 Å². The number of hydrogen-bond donors (Lipinski definition) is 0. The lowest BCUT2D eigenvalue weighted by Crippen LogP contribution is -1.87. The van der Waals surface area contributed by atoms with Gasteiger partial charge in [0.2, 0.25) is 0 Å². The molecule has 1 aromatic carbocycles. The largest absolute Gasteiger partial charge is 0.251 e. The third kappa shape index (κ3) is 2.16. The van der Waals surface area contributed by atoms with Gasteiger partial charge in [0.15, 0.2) is 5.15 Å². The van der Waals surface area contributed by atoms with Crippen molar-refractivity contribution < 1.29 is 0 Å². The van der Waals surface area contributed by atoms with Gasteiger partial charge in [-0.2, -0.15) is 0 Å². The topological polar surface area (TPSA) is 25.8 Å². The van der Waals surface area contributed by atoms with Gasteiger partial charge < -0.3 is 0 Å². The van der Waals surface area contributed by atoms with E-state index in [0.29, 0.717) is 5.15 Å². The molecule has 0 atom stereocenters. The molecule has 0 fully saturated rings. The van der Waals surface area contributed by atoms with Gasteiger partial charge in [-0.3, -0.25) is 4.98 Å². The van der Waals surface area contributed by atoms with Crippen LogP contribution in [0.5, 0.6) is 0 Å². The zero-order chi connectivity index (χ0) is 10.7. The van der Waals surface area contributed by atoms with Crippen molar-refractivity contribution in [3.8, 4) is 11.3 Å². The summed E-state index contributed by atoms with van der Waals surface area (Å²) >= 11 is 5.96. The molecule has 2 aromatic rings. The number of nitrogens with zero attached hydrogens (tertiary/aromatic N) is 2. The normalized spacial score (nSPS) is 10.3. The molecule has 0 unspecified atom stereocenters. The maximum absolute atomic E-state index is 5.96. The molecule has 0 amide bonds. The minimum Gasteiger partial charge on any atom is -0.251 e. The molecule has 0 aliphatic carbocycles. The molecule has 1 aromatic heterocycles. The minimum atomic E-state index is 0.446. The third-order valence-electron chi connectivity index (χ3n) is 2.29. The molecule has 2 nitrogen and oxygen atoms in total. The zero-order valence-corrected chi connectivity index (χ0v) is 9.20. The summed E-state index contributed by atoms with van der Waals surface area (Å²) in [4.78, 5) is 8.21. The van der Waals surface area contributed by atoms with Crippen molar-refractivity contribution in [1.29, 1.82) is 0 Å². The lowest BCUT2D eigenvalue weighted by Gasteiger charge is -2.03. The van der Waals surface area contributed by atoms with Gasteiger partial charge in [0.05, 0.1) is 0 Å². The molecule has 0 spiro atoms. The summed E-state index contributed by atoms with van der Waals surface area (Å²) < 4.78 is 0. The van der Waals surface area contributed by atoms with Gasteiger partial charge in [-0.25, -0.2) is 4.98 Å². The fourth-order valence-corrected chi connectivity index (χ4v) is 1.63. The summed E-state index contributed by atoms with van der Waals surface area (Å²) in [6.45, 7) is 2.13. The first-order valence-electron chi connectivity index (χ1n) is 4.87. The molecule has 15 heavy (non-hydrogen) atoms. The second-order valence-corrected chi connectivity index (χ2v) is 3.60. The highest BCUT2D eigenvalue weighted by molar-refractivity contribution is 6.31. The maximum atomic E-state index is 5.96. The van der Waals surface area contributed by atoms with Gasteiger partial charge in [0, 0.05) is 18.0 Å². The average molecular weight is 219 g/mol. The smallest absolute Gasteiger partial charge is 0.155 e. The van der Waals surface area contributed by atoms with E-state index in [4.69, 9.17) is 11.6 Å². The van der Waals surface area contributed by atoms with E-state index in [0.717, 1.165) is 17.7 Å². The number of aromatic nitrogens is 2. The Hall–Kier alpha value is -1.41. The van der Waals surface area contributed by atoms with Crippen LogP contribution in [0.4, 0.5) is 0 Å². The lowest BCUT2D eigenvalue weighted by molar-refractivity contribution is 1.14. The molecule has 0 aliphatic heterocycles. The van der Waals surface area contributed by atoms with Crippen LogP contribution >= 0.6 is 11.6 Å². The molecular weight excluding hydrogens is 208 g/mol. The molecule has 1 heterocycles. The Balaban J connectivity index is 2.42. The van der Waals surface area contributed by atoms with Crippen LogP contribution in [-0.2, 0) is 6.42 Å². The summed E-state index contributed by atoms with van der Waals surface area (Å²) in [6, 6.07) is 8.21. The number of benzene rings is 1. The molecule has 0 aliphatic rings. The quantitative estimate of drug-likeness (QED) is 0.773. The van der Waals surface area contributed by atoms with E-state index in [2.05, 4.69) is 29.0 Å². The number of aryl methyl sites for hydroxylation is 1. The number of hydrogen-bond acceptors (Lipinski definition) is 2. The molecule has 76 valence electrons. The van der Waals surface area contributed by atoms with Gasteiger partial charge in [-0.15, -0.1) is 0 Å². The standard InChI is InChI=1S/C12H11ClN2/c1-2-9-3-5-10(6-4-9)11-12(13)15-8-7-14-11/h3-8H,2H2,1H3. The van der Waals surface area contributed by atoms with Crippen LogP contribution in [-0.4, -0.2) is 9.97 Å². The summed E-state index contributed by atoms with van der Waals surface area (Å²) in [7, 11) is 0. The first kappa shape index (κ1) is 10.1. The van der Waals surface area contributed by atoms with Gasteiger partial charge in [0.25, 0.3) is 0 Å². The summed E-state index contributed by atoms with van der Waals surface area (Å²) in [5.74, 6) is 0. The van der Waals surface area contributed by atoms with E-state index in [1.54, 1.807) is 12.4 Å². The van der Waals surface area contributed by atoms with E-state index in [9.17, 15) is 0 Å². The Kier molecular flexibility index (Phi) is 2.97. The molecule has 0 N–H and O–H groups in total. The maximum Gasteiger partial charge on any atom is 0.155 e. The molecule has 0 saturated carbocycles. The molecule has 3 heteroatoms. The Labute approximate surface area is 94.0 Å². The van der Waals surface area contributed by atoms with E-state index in [1.165, 1.54) is 5.56 Å². The van der Waals surface area contributed by atoms with Crippen LogP contribution in [0, 0.1) is 0 Å². The fourth-order valence-electron chi connectivity index (χ4n) is 1.41. The number of halogens is 1. The second kappa shape index (κ2) is 4.41. The van der Waals surface area contributed by atoms with E-state index in [1.807, 2.05) is 12.1 Å². The van der Waals surface area contributed by atoms with E-state index >= 15 is 0 Å². The predicted octanol–water partition coefficient (Wildman–Crippen LogP) is 3.36. The summed E-state index contributed by atoms with van der Waals surface area (Å²) in [5, 5.41) is 0.446. The third-order valence-corrected chi connectivity index (χ3v) is 2.57. The van der Waals surface area contributed by atoms with Crippen molar-refractivity contribution >= 4 is 11.6 Å². The van der Waals surface area contributed by atoms with Crippen molar-refractivity contribution in [3.05, 3.63) is 47.4 Å². The first-order valence-corrected chi connectivity index (χ1v) is 5.25. The molecule has 0 bridgehead atoms. The summed E-state index contributed by atoms with van der Waals surface area (Å²) in [5.41, 5.74) is 3.05. The first-order chi connectivity index (χ1) is 7.31. The van der Waals surface area contributed by atoms with Crippen molar-refractivity contribution in [2.45, 2.75) is 13.3 Å². The van der Waals surface area contributed by atoms with Crippen LogP contribution in [0.2, 0.25) is 5.15 Å². The highest BCUT2D eigenvalue weighted by Crippen LogP contribution is 2.23. The van der Waals surface area contributed by atoms with E-state index in [-0.39, 0.29) is 0 Å². The second-order valence-electron chi connectivity index (χ2n) is 3.25. The van der Waals surface area contributed by atoms with Crippen molar-refractivity contribution in [3.63, 3.8) is 0 Å². The van der Waals surface area contributed by atoms with Crippen LogP contribution in [0.15, 0.2) is 36.7 Å². The minimum absolute atomic E-state index is 0.446. The monoisotopic (exact) mass is 218 g/mol. The number of rotatable bonds is 2. The highest BCUT2D eigenvalue weighted by Gasteiger charge is 2.04. The van der Waals surface area contributed by atoms with Crippen LogP contribution in [0.25, 0.3) is 11.3 Å². The zero-order valence-electron chi connectivity index (χ0n) is 8.44. The molecule has 0 saturated heterocycles. The van der Waals surface area contributed by atoms with Crippen molar-refractivity contribution in [2.75, 3.05) is 0 Å². The van der Waals surface area contributed by atoms with Gasteiger partial charge in [-0.1, -0.05) is 42.8 Å². The van der Waals surface area contributed by atoms with Crippen LogP contribution in [0.3, 0.4) is 0 Å². The fraction of sp³-hybridized carbons (Fsp3) is 0.167. The Morgan fingerprint density at radius 1 is 1.07 bits per heavy atom. The lowest BCUT2D eigenvalue weighted by atomic mass is 10.1. The Morgan fingerprint density at radius 2 is 1.73 bits per heavy atom. The highest BCUT2D eigenvalue weighted by atomic mass is 35.5. The Bertz CT molecular complexity index is 451. The summed E-state index contributed by atoms with van der Waals surface area (Å²) in [6.07, 6.45) is 4.27. The van der Waals surface area contributed by atoms with Crippen LogP contribution < -0.4 is 0 Å². The van der Waals surface area contributed by atoms with Gasteiger partial charge >= 0.3 is 0 Å². The molecule has 2 rings (SSSR count). The molecule has 0 radical (unpaired) electrons. The van der Waals surface area contributed by atoms with Crippen molar-refractivity contribution in [2.24, 2.45) is 0 Å². The van der Waals surface area contributed by atoms with Crippen molar-refractivity contribution in [1.82, 2.24) is 9.97 Å². The Morgan fingerprint density at radius 3 is 2.33 bits per heavy atom. The SMILES string of the molecule is CCc1ccc(-c2nccnc2Cl)cc1. The van der Waals surface area contributed by atoms with Gasteiger partial charge in [0.1, 0.15) is 5.69 Å². The average Bonchev–Trinajstić information content (AvgIpc) is 2.30. The predicted molar refractivity (Wildman–Crippen MR) is 61.9 cm³/mol. The molecular formula is C12H11ClN2. The van der Waals surface area contributed by atoms with Gasteiger partial charge in [-0.05, 0) is 12.0 Å². The van der Waals surface area contributed by atoms with Crippen LogP contribution in [0.1, 0.15) is 12.5 Å².